The van der Waals surface area contributed by atoms with Crippen LogP contribution in [0.4, 0.5) is 0 Å². The topological polar surface area (TPSA) is 52.6 Å². The maximum absolute atomic E-state index is 11.4. The Morgan fingerprint density at radius 2 is 1.81 bits per heavy atom. The molecule has 1 aromatic rings. The van der Waals surface area contributed by atoms with Crippen molar-refractivity contribution in [3.05, 3.63) is 35.4 Å². The lowest BCUT2D eigenvalue weighted by atomic mass is 10.0. The maximum atomic E-state index is 11.4. The van der Waals surface area contributed by atoms with Crippen molar-refractivity contribution < 1.29 is 9.90 Å². The zero-order chi connectivity index (χ0) is 13.8. The van der Waals surface area contributed by atoms with E-state index in [1.54, 1.807) is 5.01 Å². The van der Waals surface area contributed by atoms with Gasteiger partial charge in [-0.05, 0) is 36.8 Å². The molecule has 0 heterocycles. The second-order valence-corrected chi connectivity index (χ2v) is 5.24. The number of hydrogen-bond acceptors (Lipinski definition) is 3. The quantitative estimate of drug-likeness (QED) is 0.753. The molecule has 0 amide bonds. The van der Waals surface area contributed by atoms with Crippen molar-refractivity contribution in [1.82, 2.24) is 10.4 Å². The summed E-state index contributed by atoms with van der Waals surface area (Å²) in [4.78, 5) is 11.4. The summed E-state index contributed by atoms with van der Waals surface area (Å²) in [6, 6.07) is 8.15. The summed E-state index contributed by atoms with van der Waals surface area (Å²) in [6.45, 7) is 2.11. The Morgan fingerprint density at radius 1 is 1.29 bits per heavy atom. The Labute approximate surface area is 138 Å². The summed E-state index contributed by atoms with van der Waals surface area (Å²) in [5.41, 5.74) is 5.57. The first-order valence-corrected chi connectivity index (χ1v) is 6.89. The van der Waals surface area contributed by atoms with E-state index in [9.17, 15) is 9.90 Å². The molecule has 4 nitrogen and oxygen atoms in total. The Kier molecular flexibility index (Phi) is 8.90. The number of nitrogens with one attached hydrogen (secondary N) is 1. The smallest absolute Gasteiger partial charge is 0.322 e. The van der Waals surface area contributed by atoms with E-state index in [-0.39, 0.29) is 24.8 Å². The fourth-order valence-electron chi connectivity index (χ4n) is 2.11. The van der Waals surface area contributed by atoms with E-state index in [1.807, 2.05) is 19.2 Å². The van der Waals surface area contributed by atoms with Gasteiger partial charge in [0.05, 0.1) is 0 Å². The highest BCUT2D eigenvalue weighted by Gasteiger charge is 2.28. The summed E-state index contributed by atoms with van der Waals surface area (Å²) in [7, 11) is 1.82. The van der Waals surface area contributed by atoms with Gasteiger partial charge >= 0.3 is 5.97 Å². The minimum atomic E-state index is -0.782. The van der Waals surface area contributed by atoms with Gasteiger partial charge in [0.2, 0.25) is 0 Å². The maximum Gasteiger partial charge on any atom is 0.322 e. The van der Waals surface area contributed by atoms with Gasteiger partial charge in [0.25, 0.3) is 0 Å². The van der Waals surface area contributed by atoms with Crippen LogP contribution in [-0.4, -0.2) is 35.2 Å². The van der Waals surface area contributed by atoms with E-state index in [2.05, 4.69) is 24.5 Å². The normalized spacial score (nSPS) is 15.0. The molecule has 1 aliphatic rings. The predicted molar refractivity (Wildman–Crippen MR) is 89.4 cm³/mol. The number of carbonyl (C=O) groups is 1. The number of likely N-dealkylation sites (N-methyl/N-ethyl adjacent to an activating group) is 1. The lowest BCUT2D eigenvalue weighted by Crippen LogP contribution is -2.48. The first-order chi connectivity index (χ1) is 9.10. The number of rotatable bonds is 7. The van der Waals surface area contributed by atoms with Crippen LogP contribution in [0.15, 0.2) is 24.3 Å². The number of aliphatic carboxylic acids is 1. The van der Waals surface area contributed by atoms with Crippen molar-refractivity contribution in [3.63, 3.8) is 0 Å². The largest absolute Gasteiger partial charge is 0.480 e. The molecule has 0 aliphatic heterocycles. The third-order valence-electron chi connectivity index (χ3n) is 3.58. The molecule has 0 saturated heterocycles. The first kappa shape index (κ1) is 20.2. The Balaban J connectivity index is 0.00000200. The average molecular weight is 335 g/mol. The number of hydrogen-bond donors (Lipinski definition) is 2. The van der Waals surface area contributed by atoms with Crippen LogP contribution in [0.25, 0.3) is 0 Å². The van der Waals surface area contributed by atoms with Crippen LogP contribution in [0.2, 0.25) is 0 Å². The van der Waals surface area contributed by atoms with E-state index < -0.39 is 12.0 Å². The zero-order valence-corrected chi connectivity index (χ0v) is 14.0. The van der Waals surface area contributed by atoms with Crippen LogP contribution in [0.5, 0.6) is 0 Å². The van der Waals surface area contributed by atoms with Gasteiger partial charge in [-0.25, -0.2) is 5.01 Å². The molecule has 0 radical (unpaired) electrons. The van der Waals surface area contributed by atoms with Crippen molar-refractivity contribution in [2.45, 2.75) is 44.7 Å². The molecular weight excluding hydrogens is 311 g/mol. The molecule has 0 bridgehead atoms. The molecule has 0 aromatic heterocycles. The molecule has 0 unspecified atom stereocenters. The monoisotopic (exact) mass is 334 g/mol. The van der Waals surface area contributed by atoms with Crippen LogP contribution >= 0.6 is 24.8 Å². The van der Waals surface area contributed by atoms with Crippen LogP contribution in [0, 0.1) is 0 Å². The second-order valence-electron chi connectivity index (χ2n) is 5.24. The highest BCUT2D eigenvalue weighted by Crippen LogP contribution is 2.20. The lowest BCUT2D eigenvalue weighted by molar-refractivity contribution is -0.144. The van der Waals surface area contributed by atoms with Gasteiger partial charge < -0.3 is 5.11 Å². The van der Waals surface area contributed by atoms with Crippen LogP contribution in [0.3, 0.4) is 0 Å². The molecule has 1 aliphatic carbocycles. The Bertz CT molecular complexity index is 436. The standard InChI is InChI=1S/C15H22N2O2.2ClH/c1-3-11-4-6-12(7-5-11)10-14(15(18)19)17(2)16-13-8-9-13;;/h4-7,13-14,16H,3,8-10H2,1-2H3,(H,18,19);2*1H/t14-;;/m0../s1. The van der Waals surface area contributed by atoms with Crippen LogP contribution < -0.4 is 5.43 Å². The van der Waals surface area contributed by atoms with Crippen molar-refractivity contribution in [3.8, 4) is 0 Å². The SMILES string of the molecule is CCc1ccc(C[C@@H](C(=O)O)N(C)NC2CC2)cc1.Cl.Cl. The fourth-order valence-corrected chi connectivity index (χ4v) is 2.11. The number of aryl methyl sites for hydroxylation is 1. The highest BCUT2D eigenvalue weighted by atomic mass is 35.5. The summed E-state index contributed by atoms with van der Waals surface area (Å²) < 4.78 is 0. The van der Waals surface area contributed by atoms with Gasteiger partial charge in [-0.15, -0.1) is 24.8 Å². The van der Waals surface area contributed by atoms with Crippen LogP contribution in [-0.2, 0) is 17.6 Å². The summed E-state index contributed by atoms with van der Waals surface area (Å²) in [5.74, 6) is -0.782. The molecular formula is C15H24Cl2N2O2. The number of nitrogens with zero attached hydrogens (tertiary/aromatic N) is 1. The molecule has 1 aromatic carbocycles. The van der Waals surface area contributed by atoms with Crippen molar-refractivity contribution in [2.24, 2.45) is 0 Å². The molecule has 0 spiro atoms. The van der Waals surface area contributed by atoms with E-state index in [0.717, 1.165) is 24.8 Å². The van der Waals surface area contributed by atoms with Gasteiger partial charge in [-0.2, -0.15) is 0 Å². The number of halogens is 2. The van der Waals surface area contributed by atoms with Gasteiger partial charge in [-0.3, -0.25) is 10.2 Å². The Morgan fingerprint density at radius 3 is 2.24 bits per heavy atom. The summed E-state index contributed by atoms with van der Waals surface area (Å²) >= 11 is 0. The van der Waals surface area contributed by atoms with Crippen molar-refractivity contribution in [2.75, 3.05) is 7.05 Å². The molecule has 6 heteroatoms. The van der Waals surface area contributed by atoms with E-state index in [4.69, 9.17) is 0 Å². The third-order valence-corrected chi connectivity index (χ3v) is 3.58. The lowest BCUT2D eigenvalue weighted by Gasteiger charge is -2.25. The Hall–Kier alpha value is -0.810. The predicted octanol–water partition coefficient (Wildman–Crippen LogP) is 2.69. The number of hydrazine groups is 1. The average Bonchev–Trinajstić information content (AvgIpc) is 3.20. The summed E-state index contributed by atoms with van der Waals surface area (Å²) in [5, 5.41) is 11.1. The molecule has 1 fully saturated rings. The molecule has 2 rings (SSSR count). The van der Waals surface area contributed by atoms with E-state index >= 15 is 0 Å². The number of carboxylic acid groups (broad SMARTS) is 1. The molecule has 2 N–H and O–H groups in total. The third kappa shape index (κ3) is 6.22. The minimum Gasteiger partial charge on any atom is -0.480 e. The summed E-state index contributed by atoms with van der Waals surface area (Å²) in [6.07, 6.45) is 3.81. The molecule has 21 heavy (non-hydrogen) atoms. The second kappa shape index (κ2) is 9.26. The zero-order valence-electron chi connectivity index (χ0n) is 12.4. The first-order valence-electron chi connectivity index (χ1n) is 6.89. The van der Waals surface area contributed by atoms with Gasteiger partial charge in [0.1, 0.15) is 6.04 Å². The van der Waals surface area contributed by atoms with Gasteiger partial charge in [0, 0.05) is 13.1 Å². The highest BCUT2D eigenvalue weighted by molar-refractivity contribution is 5.85. The van der Waals surface area contributed by atoms with E-state index in [1.165, 1.54) is 5.56 Å². The molecule has 1 saturated carbocycles. The molecule has 1 atom stereocenters. The number of benzene rings is 1. The number of carboxylic acids is 1. The van der Waals surface area contributed by atoms with Gasteiger partial charge in [0.15, 0.2) is 0 Å². The van der Waals surface area contributed by atoms with E-state index in [0.29, 0.717) is 12.5 Å². The van der Waals surface area contributed by atoms with Crippen molar-refractivity contribution in [1.29, 1.82) is 0 Å². The minimum absolute atomic E-state index is 0. The van der Waals surface area contributed by atoms with Crippen molar-refractivity contribution >= 4 is 30.8 Å². The fraction of sp³-hybridized carbons (Fsp3) is 0.533. The van der Waals surface area contributed by atoms with Crippen LogP contribution in [0.1, 0.15) is 30.9 Å². The van der Waals surface area contributed by atoms with Gasteiger partial charge in [-0.1, -0.05) is 31.2 Å². The molecule has 120 valence electrons.